The number of ether oxygens (including phenoxy) is 1. The SMILES string of the molecule is CO[C@H](CC(=O)NO)[C@H](Cc1ccc(Cl)cc1)c1ccnn1C1CC1. The average molecular weight is 364 g/mol. The topological polar surface area (TPSA) is 76.4 Å². The summed E-state index contributed by atoms with van der Waals surface area (Å²) in [6.45, 7) is 0. The van der Waals surface area contributed by atoms with Gasteiger partial charge in [-0.25, -0.2) is 5.48 Å². The predicted molar refractivity (Wildman–Crippen MR) is 93.7 cm³/mol. The van der Waals surface area contributed by atoms with Gasteiger partial charge in [0.05, 0.1) is 18.6 Å². The molecule has 1 fully saturated rings. The van der Waals surface area contributed by atoms with Gasteiger partial charge in [0.1, 0.15) is 0 Å². The lowest BCUT2D eigenvalue weighted by Crippen LogP contribution is -2.32. The minimum atomic E-state index is -0.467. The molecule has 3 rings (SSSR count). The van der Waals surface area contributed by atoms with E-state index in [1.807, 2.05) is 35.0 Å². The van der Waals surface area contributed by atoms with Crippen molar-refractivity contribution in [1.82, 2.24) is 15.3 Å². The van der Waals surface area contributed by atoms with Crippen LogP contribution in [-0.2, 0) is 16.0 Å². The first kappa shape index (κ1) is 17.9. The number of nitrogens with zero attached hydrogens (tertiary/aromatic N) is 2. The molecule has 1 aliphatic carbocycles. The summed E-state index contributed by atoms with van der Waals surface area (Å²) >= 11 is 5.98. The number of hydrogen-bond donors (Lipinski definition) is 2. The maximum Gasteiger partial charge on any atom is 0.245 e. The van der Waals surface area contributed by atoms with Gasteiger partial charge >= 0.3 is 0 Å². The van der Waals surface area contributed by atoms with Gasteiger partial charge in [0, 0.05) is 29.9 Å². The van der Waals surface area contributed by atoms with Crippen LogP contribution in [0.3, 0.4) is 0 Å². The molecule has 1 heterocycles. The van der Waals surface area contributed by atoms with Crippen molar-refractivity contribution in [3.8, 4) is 0 Å². The number of carbonyl (C=O) groups excluding carboxylic acids is 1. The fraction of sp³-hybridized carbons (Fsp3) is 0.444. The smallest absolute Gasteiger partial charge is 0.245 e. The van der Waals surface area contributed by atoms with Crippen molar-refractivity contribution in [3.05, 3.63) is 52.8 Å². The maximum absolute atomic E-state index is 11.7. The molecule has 0 unspecified atom stereocenters. The fourth-order valence-electron chi connectivity index (χ4n) is 3.16. The number of rotatable bonds is 8. The highest BCUT2D eigenvalue weighted by Gasteiger charge is 2.33. The number of benzene rings is 1. The van der Waals surface area contributed by atoms with E-state index in [9.17, 15) is 4.79 Å². The number of methoxy groups -OCH3 is 1. The number of hydroxylamine groups is 1. The highest BCUT2D eigenvalue weighted by molar-refractivity contribution is 6.30. The molecule has 0 saturated heterocycles. The van der Waals surface area contributed by atoms with Crippen molar-refractivity contribution in [1.29, 1.82) is 0 Å². The van der Waals surface area contributed by atoms with Crippen LogP contribution >= 0.6 is 11.6 Å². The van der Waals surface area contributed by atoms with Crippen LogP contribution in [0.15, 0.2) is 36.5 Å². The Kier molecular flexibility index (Phi) is 5.73. The number of carbonyl (C=O) groups is 1. The molecule has 2 aromatic rings. The van der Waals surface area contributed by atoms with E-state index < -0.39 is 5.91 Å². The van der Waals surface area contributed by atoms with Gasteiger partial charge in [-0.2, -0.15) is 5.10 Å². The van der Waals surface area contributed by atoms with Crippen molar-refractivity contribution in [3.63, 3.8) is 0 Å². The number of amides is 1. The molecule has 1 aromatic carbocycles. The first-order valence-corrected chi connectivity index (χ1v) is 8.73. The maximum atomic E-state index is 11.7. The van der Waals surface area contributed by atoms with E-state index in [-0.39, 0.29) is 18.4 Å². The summed E-state index contributed by atoms with van der Waals surface area (Å²) in [5.41, 5.74) is 3.84. The molecule has 1 aliphatic rings. The summed E-state index contributed by atoms with van der Waals surface area (Å²) in [4.78, 5) is 11.7. The molecule has 0 radical (unpaired) electrons. The van der Waals surface area contributed by atoms with Crippen LogP contribution in [-0.4, -0.2) is 34.1 Å². The molecule has 2 N–H and O–H groups in total. The van der Waals surface area contributed by atoms with Crippen LogP contribution in [0.1, 0.15) is 42.5 Å². The molecule has 0 spiro atoms. The second-order valence-corrected chi connectivity index (χ2v) is 6.82. The Morgan fingerprint density at radius 1 is 1.40 bits per heavy atom. The third-order valence-electron chi connectivity index (χ3n) is 4.61. The number of halogens is 1. The minimum Gasteiger partial charge on any atom is -0.380 e. The van der Waals surface area contributed by atoms with Crippen LogP contribution < -0.4 is 5.48 Å². The van der Waals surface area contributed by atoms with E-state index in [1.165, 1.54) is 0 Å². The van der Waals surface area contributed by atoms with Crippen LogP contribution in [0.4, 0.5) is 0 Å². The summed E-state index contributed by atoms with van der Waals surface area (Å²) in [6, 6.07) is 10.1. The van der Waals surface area contributed by atoms with Gasteiger partial charge < -0.3 is 4.74 Å². The van der Waals surface area contributed by atoms with Gasteiger partial charge in [-0.1, -0.05) is 23.7 Å². The lowest BCUT2D eigenvalue weighted by Gasteiger charge is -2.26. The van der Waals surface area contributed by atoms with Crippen molar-refractivity contribution in [2.24, 2.45) is 0 Å². The van der Waals surface area contributed by atoms with E-state index in [0.29, 0.717) is 17.5 Å². The van der Waals surface area contributed by atoms with Crippen LogP contribution in [0.2, 0.25) is 5.02 Å². The molecule has 7 heteroatoms. The Hall–Kier alpha value is -1.89. The summed E-state index contributed by atoms with van der Waals surface area (Å²) in [7, 11) is 1.59. The van der Waals surface area contributed by atoms with Gasteiger partial charge in [-0.3, -0.25) is 14.7 Å². The summed E-state index contributed by atoms with van der Waals surface area (Å²) in [5.74, 6) is -0.531. The van der Waals surface area contributed by atoms with Gasteiger partial charge in [-0.15, -0.1) is 0 Å². The lowest BCUT2D eigenvalue weighted by molar-refractivity contribution is -0.132. The van der Waals surface area contributed by atoms with Gasteiger partial charge in [0.2, 0.25) is 5.91 Å². The zero-order valence-corrected chi connectivity index (χ0v) is 14.8. The quantitative estimate of drug-likeness (QED) is 0.558. The second kappa shape index (κ2) is 7.99. The third-order valence-corrected chi connectivity index (χ3v) is 4.86. The van der Waals surface area contributed by atoms with E-state index in [1.54, 1.807) is 18.8 Å². The Morgan fingerprint density at radius 3 is 2.72 bits per heavy atom. The lowest BCUT2D eigenvalue weighted by atomic mass is 9.89. The molecule has 1 amide bonds. The molecule has 25 heavy (non-hydrogen) atoms. The Balaban J connectivity index is 1.90. The average Bonchev–Trinajstić information content (AvgIpc) is 3.36. The molecule has 2 atom stereocenters. The summed E-state index contributed by atoms with van der Waals surface area (Å²) in [5, 5.41) is 14.0. The zero-order chi connectivity index (χ0) is 17.8. The number of hydrogen-bond acceptors (Lipinski definition) is 4. The number of aromatic nitrogens is 2. The monoisotopic (exact) mass is 363 g/mol. The normalized spacial score (nSPS) is 16.4. The molecule has 6 nitrogen and oxygen atoms in total. The van der Waals surface area contributed by atoms with Crippen molar-refractivity contribution >= 4 is 17.5 Å². The largest absolute Gasteiger partial charge is 0.380 e. The van der Waals surface area contributed by atoms with E-state index in [4.69, 9.17) is 21.5 Å². The zero-order valence-electron chi connectivity index (χ0n) is 14.1. The first-order chi connectivity index (χ1) is 12.1. The van der Waals surface area contributed by atoms with E-state index in [0.717, 1.165) is 24.1 Å². The van der Waals surface area contributed by atoms with Crippen LogP contribution in [0.5, 0.6) is 0 Å². The molecule has 134 valence electrons. The van der Waals surface area contributed by atoms with Crippen molar-refractivity contribution < 1.29 is 14.7 Å². The van der Waals surface area contributed by atoms with Crippen LogP contribution in [0, 0.1) is 0 Å². The summed E-state index contributed by atoms with van der Waals surface area (Å²) < 4.78 is 7.67. The molecular weight excluding hydrogens is 342 g/mol. The minimum absolute atomic E-state index is 0.0634. The number of nitrogens with one attached hydrogen (secondary N) is 1. The predicted octanol–water partition coefficient (Wildman–Crippen LogP) is 3.11. The highest BCUT2D eigenvalue weighted by atomic mass is 35.5. The fourth-order valence-corrected chi connectivity index (χ4v) is 3.29. The van der Waals surface area contributed by atoms with Gasteiger partial charge in [-0.05, 0) is 43.0 Å². The molecule has 1 saturated carbocycles. The summed E-state index contributed by atoms with van der Waals surface area (Å²) in [6.07, 6.45) is 4.42. The van der Waals surface area contributed by atoms with E-state index >= 15 is 0 Å². The molecule has 0 bridgehead atoms. The van der Waals surface area contributed by atoms with Crippen LogP contribution in [0.25, 0.3) is 0 Å². The van der Waals surface area contributed by atoms with Gasteiger partial charge in [0.15, 0.2) is 0 Å². The first-order valence-electron chi connectivity index (χ1n) is 8.36. The van der Waals surface area contributed by atoms with E-state index in [2.05, 4.69) is 5.10 Å². The third kappa shape index (κ3) is 4.39. The van der Waals surface area contributed by atoms with Gasteiger partial charge in [0.25, 0.3) is 0 Å². The second-order valence-electron chi connectivity index (χ2n) is 6.38. The highest BCUT2D eigenvalue weighted by Crippen LogP contribution is 2.38. The Morgan fingerprint density at radius 2 is 2.12 bits per heavy atom. The van der Waals surface area contributed by atoms with Crippen molar-refractivity contribution in [2.75, 3.05) is 7.11 Å². The Labute approximate surface area is 151 Å². The molecule has 0 aliphatic heterocycles. The molecule has 1 aromatic heterocycles. The Bertz CT molecular complexity index is 713. The van der Waals surface area contributed by atoms with Crippen molar-refractivity contribution in [2.45, 2.75) is 43.7 Å². The molecular formula is C18H22ClN3O3. The standard InChI is InChI=1S/C18H22ClN3O3/c1-25-17(11-18(23)21-24)15(10-12-2-4-13(19)5-3-12)16-8-9-20-22(16)14-6-7-14/h2-5,8-9,14-15,17,24H,6-7,10-11H2,1H3,(H,21,23)/t15-,17-/m1/s1.